The number of carboxylic acids is 1. The molecule has 0 atom stereocenters. The molecule has 0 spiro atoms. The van der Waals surface area contributed by atoms with Crippen LogP contribution in [-0.4, -0.2) is 32.7 Å². The van der Waals surface area contributed by atoms with Gasteiger partial charge in [-0.15, -0.1) is 21.5 Å². The molecule has 0 aliphatic rings. The third kappa shape index (κ3) is 4.66. The highest BCUT2D eigenvalue weighted by molar-refractivity contribution is 9.10. The maximum atomic E-state index is 11.0. The highest BCUT2D eigenvalue weighted by Gasteiger charge is 2.13. The van der Waals surface area contributed by atoms with Gasteiger partial charge in [-0.3, -0.25) is 9.69 Å². The number of aryl methyl sites for hydroxylation is 1. The maximum absolute atomic E-state index is 11.0. The van der Waals surface area contributed by atoms with Gasteiger partial charge in [0.15, 0.2) is 0 Å². The van der Waals surface area contributed by atoms with Gasteiger partial charge in [-0.2, -0.15) is 0 Å². The van der Waals surface area contributed by atoms with E-state index in [9.17, 15) is 4.79 Å². The topological polar surface area (TPSA) is 66.3 Å². The molecule has 1 N–H and O–H groups in total. The first-order valence-corrected chi connectivity index (χ1v) is 7.61. The normalized spacial score (nSPS) is 10.9. The molecule has 0 amide bonds. The van der Waals surface area contributed by atoms with Crippen molar-refractivity contribution in [3.63, 3.8) is 0 Å². The van der Waals surface area contributed by atoms with Crippen molar-refractivity contribution >= 4 is 33.2 Å². The Kier molecular flexibility index (Phi) is 5.22. The van der Waals surface area contributed by atoms with Crippen molar-refractivity contribution in [2.75, 3.05) is 6.54 Å². The standard InChI is InChI=1S/C13H14BrN3O2S/c1-9-15-16-12(20-9)7-17(8-13(18)19)6-10-3-2-4-11(14)5-10/h2-5H,6-8H2,1H3,(H,18,19). The summed E-state index contributed by atoms with van der Waals surface area (Å²) in [7, 11) is 0. The number of nitrogens with zero attached hydrogens (tertiary/aromatic N) is 3. The molecule has 2 aromatic rings. The molecule has 0 saturated heterocycles. The largest absolute Gasteiger partial charge is 0.480 e. The summed E-state index contributed by atoms with van der Waals surface area (Å²) in [5.74, 6) is -0.846. The molecule has 1 aromatic heterocycles. The number of carbonyl (C=O) groups is 1. The first kappa shape index (κ1) is 15.1. The molecule has 0 bridgehead atoms. The van der Waals surface area contributed by atoms with E-state index in [1.807, 2.05) is 36.1 Å². The Balaban J connectivity index is 2.09. The van der Waals surface area contributed by atoms with Crippen LogP contribution in [-0.2, 0) is 17.9 Å². The van der Waals surface area contributed by atoms with E-state index >= 15 is 0 Å². The van der Waals surface area contributed by atoms with Gasteiger partial charge >= 0.3 is 5.97 Å². The zero-order valence-electron chi connectivity index (χ0n) is 10.9. The minimum atomic E-state index is -0.846. The lowest BCUT2D eigenvalue weighted by Crippen LogP contribution is -2.28. The molecule has 7 heteroatoms. The van der Waals surface area contributed by atoms with Gasteiger partial charge in [0.1, 0.15) is 10.0 Å². The smallest absolute Gasteiger partial charge is 0.317 e. The highest BCUT2D eigenvalue weighted by atomic mass is 79.9. The molecule has 0 aliphatic heterocycles. The summed E-state index contributed by atoms with van der Waals surface area (Å²) in [5, 5.41) is 18.7. The maximum Gasteiger partial charge on any atom is 0.317 e. The van der Waals surface area contributed by atoms with E-state index in [0.717, 1.165) is 20.1 Å². The Labute approximate surface area is 129 Å². The molecule has 106 valence electrons. The summed E-state index contributed by atoms with van der Waals surface area (Å²) in [6.07, 6.45) is 0. The Morgan fingerprint density at radius 1 is 1.40 bits per heavy atom. The number of carboxylic acid groups (broad SMARTS) is 1. The Hall–Kier alpha value is -1.31. The molecular weight excluding hydrogens is 342 g/mol. The number of aliphatic carboxylic acids is 1. The molecule has 20 heavy (non-hydrogen) atoms. The van der Waals surface area contributed by atoms with E-state index in [-0.39, 0.29) is 6.54 Å². The van der Waals surface area contributed by atoms with Crippen LogP contribution in [0.2, 0.25) is 0 Å². The van der Waals surface area contributed by atoms with E-state index in [1.165, 1.54) is 11.3 Å². The lowest BCUT2D eigenvalue weighted by molar-refractivity contribution is -0.138. The summed E-state index contributed by atoms with van der Waals surface area (Å²) in [5.41, 5.74) is 1.06. The fourth-order valence-corrected chi connectivity index (χ4v) is 3.04. The number of halogens is 1. The minimum Gasteiger partial charge on any atom is -0.480 e. The number of benzene rings is 1. The average molecular weight is 356 g/mol. The van der Waals surface area contributed by atoms with Crippen molar-refractivity contribution in [2.24, 2.45) is 0 Å². The lowest BCUT2D eigenvalue weighted by Gasteiger charge is -2.18. The molecule has 1 aromatic carbocycles. The molecular formula is C13H14BrN3O2S. The number of rotatable bonds is 6. The fourth-order valence-electron chi connectivity index (χ4n) is 1.85. The zero-order chi connectivity index (χ0) is 14.5. The van der Waals surface area contributed by atoms with Gasteiger partial charge in [0, 0.05) is 11.0 Å². The van der Waals surface area contributed by atoms with Crippen molar-refractivity contribution in [3.8, 4) is 0 Å². The lowest BCUT2D eigenvalue weighted by atomic mass is 10.2. The second-order valence-corrected chi connectivity index (χ2v) is 6.57. The molecule has 0 aliphatic carbocycles. The van der Waals surface area contributed by atoms with E-state index in [1.54, 1.807) is 0 Å². The van der Waals surface area contributed by atoms with Gasteiger partial charge in [0.2, 0.25) is 0 Å². The molecule has 1 heterocycles. The average Bonchev–Trinajstić information content (AvgIpc) is 2.73. The predicted molar refractivity (Wildman–Crippen MR) is 80.5 cm³/mol. The van der Waals surface area contributed by atoms with Crippen LogP contribution in [0.25, 0.3) is 0 Å². The van der Waals surface area contributed by atoms with Crippen molar-refractivity contribution in [2.45, 2.75) is 20.0 Å². The van der Waals surface area contributed by atoms with Crippen molar-refractivity contribution < 1.29 is 9.90 Å². The van der Waals surface area contributed by atoms with Crippen molar-refractivity contribution in [1.82, 2.24) is 15.1 Å². The van der Waals surface area contributed by atoms with Crippen LogP contribution in [0.3, 0.4) is 0 Å². The van der Waals surface area contributed by atoms with Gasteiger partial charge in [-0.1, -0.05) is 28.1 Å². The summed E-state index contributed by atoms with van der Waals surface area (Å²) in [6, 6.07) is 7.85. The quantitative estimate of drug-likeness (QED) is 0.862. The fraction of sp³-hybridized carbons (Fsp3) is 0.308. The molecule has 5 nitrogen and oxygen atoms in total. The van der Waals surface area contributed by atoms with Gasteiger partial charge in [0.05, 0.1) is 13.1 Å². The monoisotopic (exact) mass is 355 g/mol. The Morgan fingerprint density at radius 2 is 2.20 bits per heavy atom. The van der Waals surface area contributed by atoms with E-state index < -0.39 is 5.97 Å². The molecule has 0 radical (unpaired) electrons. The molecule has 2 rings (SSSR count). The predicted octanol–water partition coefficient (Wildman–Crippen LogP) is 2.70. The van der Waals surface area contributed by atoms with Crippen LogP contribution in [0.5, 0.6) is 0 Å². The first-order chi connectivity index (χ1) is 9.52. The van der Waals surface area contributed by atoms with Crippen LogP contribution < -0.4 is 0 Å². The SMILES string of the molecule is Cc1nnc(CN(CC(=O)O)Cc2cccc(Br)c2)s1. The van der Waals surface area contributed by atoms with Crippen molar-refractivity contribution in [3.05, 3.63) is 44.3 Å². The van der Waals surface area contributed by atoms with Crippen LogP contribution in [0, 0.1) is 6.92 Å². The third-order valence-electron chi connectivity index (χ3n) is 2.58. The highest BCUT2D eigenvalue weighted by Crippen LogP contribution is 2.16. The minimum absolute atomic E-state index is 0.0227. The summed E-state index contributed by atoms with van der Waals surface area (Å²) in [4.78, 5) is 12.8. The molecule has 0 saturated carbocycles. The number of hydrogen-bond donors (Lipinski definition) is 1. The zero-order valence-corrected chi connectivity index (χ0v) is 13.3. The first-order valence-electron chi connectivity index (χ1n) is 6.00. The third-order valence-corrected chi connectivity index (χ3v) is 3.90. The second kappa shape index (κ2) is 6.92. The van der Waals surface area contributed by atoms with E-state index in [4.69, 9.17) is 5.11 Å². The van der Waals surface area contributed by atoms with Gasteiger partial charge < -0.3 is 5.11 Å². The number of aromatic nitrogens is 2. The summed E-state index contributed by atoms with van der Waals surface area (Å²) < 4.78 is 0.983. The van der Waals surface area contributed by atoms with Crippen LogP contribution in [0.15, 0.2) is 28.7 Å². The van der Waals surface area contributed by atoms with Crippen LogP contribution in [0.4, 0.5) is 0 Å². The second-order valence-electron chi connectivity index (χ2n) is 4.38. The van der Waals surface area contributed by atoms with Gasteiger partial charge in [0.25, 0.3) is 0 Å². The van der Waals surface area contributed by atoms with Crippen LogP contribution >= 0.6 is 27.3 Å². The van der Waals surface area contributed by atoms with Crippen molar-refractivity contribution in [1.29, 1.82) is 0 Å². The Morgan fingerprint density at radius 3 is 2.80 bits per heavy atom. The number of hydrogen-bond acceptors (Lipinski definition) is 5. The molecule has 0 fully saturated rings. The Bertz CT molecular complexity index is 603. The molecule has 0 unspecified atom stereocenters. The summed E-state index contributed by atoms with van der Waals surface area (Å²) in [6.45, 7) is 2.91. The van der Waals surface area contributed by atoms with Crippen LogP contribution in [0.1, 0.15) is 15.6 Å². The van der Waals surface area contributed by atoms with Gasteiger partial charge in [-0.05, 0) is 24.6 Å². The van der Waals surface area contributed by atoms with E-state index in [2.05, 4.69) is 26.1 Å². The van der Waals surface area contributed by atoms with Gasteiger partial charge in [-0.25, -0.2) is 0 Å². The summed E-state index contributed by atoms with van der Waals surface area (Å²) >= 11 is 4.91. The van der Waals surface area contributed by atoms with E-state index in [0.29, 0.717) is 13.1 Å².